The lowest BCUT2D eigenvalue weighted by atomic mass is 10.2. The Balaban J connectivity index is 2.02. The Morgan fingerprint density at radius 3 is 1.65 bits per heavy atom. The summed E-state index contributed by atoms with van der Waals surface area (Å²) in [6, 6.07) is 22.0. The number of rotatable bonds is 8. The largest absolute Gasteiger partial charge is 0.127 e. The number of hydrogen-bond acceptors (Lipinski definition) is 0. The Morgan fingerprint density at radius 1 is 0.650 bits per heavy atom. The molecule has 0 aliphatic carbocycles. The van der Waals surface area contributed by atoms with Gasteiger partial charge in [0.25, 0.3) is 0 Å². The number of hydrogen-bond donors (Lipinski definition) is 0. The van der Waals surface area contributed by atoms with E-state index in [1.54, 1.807) is 0 Å². The Morgan fingerprint density at radius 2 is 1.15 bits per heavy atom. The third kappa shape index (κ3) is 4.93. The predicted molar refractivity (Wildman–Crippen MR) is 94.5 cm³/mol. The number of benzene rings is 2. The van der Waals surface area contributed by atoms with E-state index in [0.29, 0.717) is 0 Å². The summed E-state index contributed by atoms with van der Waals surface area (Å²) < 4.78 is 0. The van der Waals surface area contributed by atoms with Gasteiger partial charge >= 0.3 is 0 Å². The maximum atomic E-state index is 5.74. The summed E-state index contributed by atoms with van der Waals surface area (Å²) in [7, 11) is -0.620. The highest BCUT2D eigenvalue weighted by Crippen LogP contribution is 2.34. The zero-order valence-corrected chi connectivity index (χ0v) is 13.7. The first-order valence-corrected chi connectivity index (χ1v) is 9.68. The average molecular weight is 306 g/mol. The molecule has 2 heteroatoms. The minimum Gasteiger partial charge on any atom is -0.127 e. The molecule has 2 aromatic rings. The summed E-state index contributed by atoms with van der Waals surface area (Å²) in [5, 5.41) is 3.06. The number of alkyl halides is 1. The average Bonchev–Trinajstić information content (AvgIpc) is 2.53. The molecule has 0 bridgehead atoms. The van der Waals surface area contributed by atoms with Crippen LogP contribution in [0.15, 0.2) is 60.7 Å². The van der Waals surface area contributed by atoms with Crippen LogP contribution in [0, 0.1) is 0 Å². The summed E-state index contributed by atoms with van der Waals surface area (Å²) >= 11 is 5.74. The highest BCUT2D eigenvalue weighted by atomic mass is 35.5. The van der Waals surface area contributed by atoms with E-state index < -0.39 is 7.92 Å². The molecule has 0 heterocycles. The zero-order valence-electron chi connectivity index (χ0n) is 11.9. The van der Waals surface area contributed by atoms with Crippen LogP contribution in [0.5, 0.6) is 0 Å². The van der Waals surface area contributed by atoms with Crippen LogP contribution in [0.4, 0.5) is 0 Å². The molecule has 2 aromatic carbocycles. The van der Waals surface area contributed by atoms with Crippen LogP contribution in [0.1, 0.15) is 25.7 Å². The minimum absolute atomic E-state index is 0.620. The molecule has 0 nitrogen and oxygen atoms in total. The van der Waals surface area contributed by atoms with Crippen LogP contribution in [-0.2, 0) is 0 Å². The fraction of sp³-hybridized carbons (Fsp3) is 0.333. The zero-order chi connectivity index (χ0) is 14.0. The Bertz CT molecular complexity index is 430. The van der Waals surface area contributed by atoms with E-state index in [1.807, 2.05) is 0 Å². The van der Waals surface area contributed by atoms with Crippen LogP contribution < -0.4 is 10.6 Å². The first-order chi connectivity index (χ1) is 9.92. The molecule has 0 amide bonds. The quantitative estimate of drug-likeness (QED) is 0.378. The van der Waals surface area contributed by atoms with E-state index in [4.69, 9.17) is 11.6 Å². The fourth-order valence-electron chi connectivity index (χ4n) is 2.48. The maximum Gasteiger partial charge on any atom is 0.0966 e. The van der Waals surface area contributed by atoms with Gasteiger partial charge in [0.05, 0.1) is 24.7 Å². The third-order valence-electron chi connectivity index (χ3n) is 3.55. The molecule has 106 valence electrons. The van der Waals surface area contributed by atoms with E-state index in [9.17, 15) is 0 Å². The number of halogens is 1. The highest BCUT2D eigenvalue weighted by molar-refractivity contribution is 7.73. The molecule has 0 aliphatic rings. The van der Waals surface area contributed by atoms with Crippen LogP contribution in [0.3, 0.4) is 0 Å². The molecule has 0 N–H and O–H groups in total. The lowest BCUT2D eigenvalue weighted by molar-refractivity contribution is 0.708. The van der Waals surface area contributed by atoms with Crippen molar-refractivity contribution in [2.24, 2.45) is 0 Å². The molecule has 0 atom stereocenters. The van der Waals surface area contributed by atoms with E-state index in [2.05, 4.69) is 60.7 Å². The van der Waals surface area contributed by atoms with Crippen molar-refractivity contribution >= 4 is 30.1 Å². The van der Waals surface area contributed by atoms with Gasteiger partial charge in [0.2, 0.25) is 0 Å². The molecule has 0 unspecified atom stereocenters. The molecular formula is C18H23ClP+. The minimum atomic E-state index is -0.620. The van der Waals surface area contributed by atoms with E-state index in [0.717, 1.165) is 12.3 Å². The number of unbranched alkanes of at least 4 members (excludes halogenated alkanes) is 3. The fourth-order valence-corrected chi connectivity index (χ4v) is 5.38. The van der Waals surface area contributed by atoms with Gasteiger partial charge in [-0.05, 0) is 43.5 Å². The lowest BCUT2D eigenvalue weighted by Crippen LogP contribution is -2.13. The molecule has 0 saturated carbocycles. The second kappa shape index (κ2) is 9.16. The smallest absolute Gasteiger partial charge is 0.0966 e. The molecule has 0 saturated heterocycles. The van der Waals surface area contributed by atoms with Crippen LogP contribution >= 0.6 is 19.5 Å². The first kappa shape index (κ1) is 15.5. The summed E-state index contributed by atoms with van der Waals surface area (Å²) in [5.74, 6) is 0.801. The van der Waals surface area contributed by atoms with Gasteiger partial charge in [0.1, 0.15) is 0 Å². The topological polar surface area (TPSA) is 0 Å². The van der Waals surface area contributed by atoms with Crippen molar-refractivity contribution in [3.8, 4) is 0 Å². The first-order valence-electron chi connectivity index (χ1n) is 7.44. The van der Waals surface area contributed by atoms with Crippen LogP contribution in [0.2, 0.25) is 0 Å². The van der Waals surface area contributed by atoms with Gasteiger partial charge < -0.3 is 0 Å². The molecule has 0 spiro atoms. The van der Waals surface area contributed by atoms with Crippen LogP contribution in [-0.4, -0.2) is 12.0 Å². The van der Waals surface area contributed by atoms with Gasteiger partial charge in [-0.25, -0.2) is 0 Å². The van der Waals surface area contributed by atoms with Gasteiger partial charge in [-0.2, -0.15) is 0 Å². The van der Waals surface area contributed by atoms with E-state index in [1.165, 1.54) is 36.0 Å². The molecular weight excluding hydrogens is 283 g/mol. The van der Waals surface area contributed by atoms with E-state index in [-0.39, 0.29) is 0 Å². The Kier molecular flexibility index (Phi) is 7.12. The van der Waals surface area contributed by atoms with Gasteiger partial charge in [0, 0.05) is 5.88 Å². The van der Waals surface area contributed by atoms with E-state index >= 15 is 0 Å². The summed E-state index contributed by atoms with van der Waals surface area (Å²) in [4.78, 5) is 0. The Hall–Kier alpha value is -0.840. The highest BCUT2D eigenvalue weighted by Gasteiger charge is 2.20. The molecule has 0 radical (unpaired) electrons. The molecule has 20 heavy (non-hydrogen) atoms. The molecule has 0 fully saturated rings. The molecule has 0 aliphatic heterocycles. The summed E-state index contributed by atoms with van der Waals surface area (Å²) in [6.07, 6.45) is 6.36. The van der Waals surface area contributed by atoms with Crippen molar-refractivity contribution in [2.45, 2.75) is 25.7 Å². The molecule has 2 rings (SSSR count). The Labute approximate surface area is 128 Å². The second-order valence-corrected chi connectivity index (χ2v) is 8.05. The van der Waals surface area contributed by atoms with Crippen molar-refractivity contribution in [1.82, 2.24) is 0 Å². The van der Waals surface area contributed by atoms with Crippen molar-refractivity contribution in [3.63, 3.8) is 0 Å². The standard InChI is InChI=1S/C18H22ClP/c19-15-9-1-2-10-16-20(17-11-5-3-6-12-17)18-13-7-4-8-14-18/h3-8,11-14H,1-2,9-10,15-16H2/p+1. The lowest BCUT2D eigenvalue weighted by Gasteiger charge is -2.10. The van der Waals surface area contributed by atoms with Gasteiger partial charge in [-0.1, -0.05) is 42.8 Å². The summed E-state index contributed by atoms with van der Waals surface area (Å²) in [5.41, 5.74) is 0. The summed E-state index contributed by atoms with van der Waals surface area (Å²) in [6.45, 7) is 0. The monoisotopic (exact) mass is 305 g/mol. The van der Waals surface area contributed by atoms with Crippen molar-refractivity contribution < 1.29 is 0 Å². The molecule has 0 aromatic heterocycles. The normalized spacial score (nSPS) is 10.9. The van der Waals surface area contributed by atoms with Gasteiger partial charge in [0.15, 0.2) is 0 Å². The predicted octanol–water partition coefficient (Wildman–Crippen LogP) is 4.65. The van der Waals surface area contributed by atoms with Gasteiger partial charge in [-0.15, -0.1) is 11.6 Å². The SMILES string of the molecule is ClCCCCCC[PH+](c1ccccc1)c1ccccc1. The second-order valence-electron chi connectivity index (χ2n) is 5.06. The van der Waals surface area contributed by atoms with Crippen molar-refractivity contribution in [2.75, 3.05) is 12.0 Å². The van der Waals surface area contributed by atoms with Crippen molar-refractivity contribution in [1.29, 1.82) is 0 Å². The third-order valence-corrected chi connectivity index (χ3v) is 6.74. The van der Waals surface area contributed by atoms with Crippen LogP contribution in [0.25, 0.3) is 0 Å². The van der Waals surface area contributed by atoms with Gasteiger partial charge in [-0.3, -0.25) is 0 Å². The maximum absolute atomic E-state index is 5.74. The van der Waals surface area contributed by atoms with Crippen molar-refractivity contribution in [3.05, 3.63) is 60.7 Å².